The van der Waals surface area contributed by atoms with E-state index in [0.717, 1.165) is 18.4 Å². The molecule has 25 heavy (non-hydrogen) atoms. The van der Waals surface area contributed by atoms with E-state index in [9.17, 15) is 8.42 Å². The van der Waals surface area contributed by atoms with Crippen molar-refractivity contribution in [2.75, 3.05) is 32.9 Å². The highest BCUT2D eigenvalue weighted by atomic mass is 35.5. The fourth-order valence-electron chi connectivity index (χ4n) is 2.65. The summed E-state index contributed by atoms with van der Waals surface area (Å²) in [5, 5.41) is 3.80. The molecule has 1 aliphatic rings. The normalized spacial score (nSPS) is 15.7. The van der Waals surface area contributed by atoms with Crippen LogP contribution in [0.15, 0.2) is 29.3 Å². The molecule has 1 aromatic rings. The molecule has 0 radical (unpaired) electrons. The Hall–Kier alpha value is -1.31. The lowest BCUT2D eigenvalue weighted by Crippen LogP contribution is -2.42. The number of halogens is 1. The Bertz CT molecular complexity index is 690. The minimum atomic E-state index is -3.26. The summed E-state index contributed by atoms with van der Waals surface area (Å²) in [6, 6.07) is 7.63. The highest BCUT2D eigenvalue weighted by molar-refractivity contribution is 7.89. The van der Waals surface area contributed by atoms with Crippen molar-refractivity contribution < 1.29 is 8.42 Å². The lowest BCUT2D eigenvalue weighted by Gasteiger charge is -2.25. The van der Waals surface area contributed by atoms with E-state index in [2.05, 4.69) is 15.0 Å². The van der Waals surface area contributed by atoms with Gasteiger partial charge in [-0.1, -0.05) is 36.2 Å². The number of sulfonamides is 1. The van der Waals surface area contributed by atoms with Crippen molar-refractivity contribution in [1.82, 2.24) is 14.9 Å². The molecular formula is C17H27ClN4O2S. The molecule has 1 fully saturated rings. The monoisotopic (exact) mass is 386 g/mol. The Morgan fingerprint density at radius 3 is 2.68 bits per heavy atom. The molecule has 0 bridgehead atoms. The maximum Gasteiger partial charge on any atom is 0.213 e. The van der Waals surface area contributed by atoms with Gasteiger partial charge in [-0.25, -0.2) is 13.1 Å². The predicted octanol–water partition coefficient (Wildman–Crippen LogP) is 2.07. The van der Waals surface area contributed by atoms with Gasteiger partial charge in [0.05, 0.1) is 5.75 Å². The Labute approximate surface area is 155 Å². The third-order valence-corrected chi connectivity index (χ3v) is 6.13. The lowest BCUT2D eigenvalue weighted by molar-refractivity contribution is 0.316. The van der Waals surface area contributed by atoms with Crippen LogP contribution in [-0.4, -0.2) is 52.2 Å². The predicted molar refractivity (Wildman–Crippen MR) is 103 cm³/mol. The van der Waals surface area contributed by atoms with E-state index in [4.69, 9.17) is 11.6 Å². The van der Waals surface area contributed by atoms with Crippen LogP contribution in [0, 0.1) is 5.92 Å². The van der Waals surface area contributed by atoms with E-state index >= 15 is 0 Å². The van der Waals surface area contributed by atoms with Crippen LogP contribution in [0.25, 0.3) is 0 Å². The number of rotatable bonds is 8. The summed E-state index contributed by atoms with van der Waals surface area (Å²) in [4.78, 5) is 6.12. The van der Waals surface area contributed by atoms with Crippen LogP contribution in [0.3, 0.4) is 0 Å². The zero-order valence-corrected chi connectivity index (χ0v) is 16.4. The van der Waals surface area contributed by atoms with Gasteiger partial charge in [0.1, 0.15) is 0 Å². The summed E-state index contributed by atoms with van der Waals surface area (Å²) in [5.41, 5.74) is 0.990. The molecule has 0 aliphatic heterocycles. The van der Waals surface area contributed by atoms with E-state index in [0.29, 0.717) is 36.5 Å². The van der Waals surface area contributed by atoms with Gasteiger partial charge in [0, 0.05) is 38.8 Å². The number of hydrogen-bond donors (Lipinski definition) is 2. The Kier molecular flexibility index (Phi) is 7.53. The van der Waals surface area contributed by atoms with E-state index in [1.165, 1.54) is 6.42 Å². The second-order valence-corrected chi connectivity index (χ2v) is 8.72. The topological polar surface area (TPSA) is 73.8 Å². The van der Waals surface area contributed by atoms with Crippen molar-refractivity contribution >= 4 is 27.6 Å². The van der Waals surface area contributed by atoms with Crippen LogP contribution in [0.2, 0.25) is 5.02 Å². The van der Waals surface area contributed by atoms with Crippen LogP contribution in [0.1, 0.15) is 24.8 Å². The van der Waals surface area contributed by atoms with Gasteiger partial charge < -0.3 is 10.2 Å². The first-order chi connectivity index (χ1) is 11.9. The van der Waals surface area contributed by atoms with Crippen molar-refractivity contribution in [3.05, 3.63) is 34.9 Å². The average Bonchev–Trinajstić information content (AvgIpc) is 2.52. The van der Waals surface area contributed by atoms with Gasteiger partial charge in [-0.3, -0.25) is 4.99 Å². The summed E-state index contributed by atoms with van der Waals surface area (Å²) in [5.74, 6) is 1.17. The quantitative estimate of drug-likeness (QED) is 0.529. The molecule has 0 aromatic heterocycles. The van der Waals surface area contributed by atoms with Crippen molar-refractivity contribution in [3.8, 4) is 0 Å². The van der Waals surface area contributed by atoms with Crippen LogP contribution < -0.4 is 10.0 Å². The van der Waals surface area contributed by atoms with Crippen molar-refractivity contribution in [1.29, 1.82) is 0 Å². The lowest BCUT2D eigenvalue weighted by atomic mass is 9.86. The SMILES string of the molecule is CN=C(NCCS(=O)(=O)NCC1CCC1)N(C)Cc1ccccc1Cl. The largest absolute Gasteiger partial charge is 0.355 e. The molecule has 0 saturated heterocycles. The summed E-state index contributed by atoms with van der Waals surface area (Å²) in [6.07, 6.45) is 3.46. The molecule has 0 spiro atoms. The average molecular weight is 387 g/mol. The molecule has 2 N–H and O–H groups in total. The molecule has 140 valence electrons. The molecule has 0 unspecified atom stereocenters. The first-order valence-corrected chi connectivity index (χ1v) is 10.6. The van der Waals surface area contributed by atoms with E-state index in [-0.39, 0.29) is 5.75 Å². The Morgan fingerprint density at radius 1 is 1.36 bits per heavy atom. The minimum Gasteiger partial charge on any atom is -0.355 e. The fourth-order valence-corrected chi connectivity index (χ4v) is 3.85. The minimum absolute atomic E-state index is 0.0265. The Morgan fingerprint density at radius 2 is 2.08 bits per heavy atom. The molecule has 0 amide bonds. The fraction of sp³-hybridized carbons (Fsp3) is 0.588. The summed E-state index contributed by atoms with van der Waals surface area (Å²) in [6.45, 7) is 1.45. The standard InChI is InChI=1S/C17H27ClN4O2S/c1-19-17(22(2)13-15-8-3-4-9-16(15)18)20-10-11-25(23,24)21-12-14-6-5-7-14/h3-4,8-9,14,21H,5-7,10-13H2,1-2H3,(H,19,20). The maximum atomic E-state index is 12.0. The van der Waals surface area contributed by atoms with Crippen molar-refractivity contribution in [2.24, 2.45) is 10.9 Å². The molecule has 1 aromatic carbocycles. The van der Waals surface area contributed by atoms with E-state index < -0.39 is 10.0 Å². The summed E-state index contributed by atoms with van der Waals surface area (Å²) < 4.78 is 26.7. The smallest absolute Gasteiger partial charge is 0.213 e. The van der Waals surface area contributed by atoms with Crippen LogP contribution in [0.4, 0.5) is 0 Å². The first-order valence-electron chi connectivity index (χ1n) is 8.54. The van der Waals surface area contributed by atoms with E-state index in [1.54, 1.807) is 7.05 Å². The number of nitrogens with zero attached hydrogens (tertiary/aromatic N) is 2. The van der Waals surface area contributed by atoms with Gasteiger partial charge in [0.15, 0.2) is 5.96 Å². The molecule has 0 atom stereocenters. The van der Waals surface area contributed by atoms with Gasteiger partial charge in [-0.15, -0.1) is 0 Å². The van der Waals surface area contributed by atoms with Gasteiger partial charge in [-0.2, -0.15) is 0 Å². The summed E-state index contributed by atoms with van der Waals surface area (Å²) >= 11 is 6.18. The van der Waals surface area contributed by atoms with Gasteiger partial charge in [-0.05, 0) is 30.4 Å². The Balaban J connectivity index is 1.78. The summed E-state index contributed by atoms with van der Waals surface area (Å²) in [7, 11) is 0.311. The molecule has 1 saturated carbocycles. The second kappa shape index (κ2) is 9.40. The van der Waals surface area contributed by atoms with Gasteiger partial charge in [0.25, 0.3) is 0 Å². The number of nitrogens with one attached hydrogen (secondary N) is 2. The van der Waals surface area contributed by atoms with Crippen molar-refractivity contribution in [2.45, 2.75) is 25.8 Å². The second-order valence-electron chi connectivity index (χ2n) is 6.39. The number of guanidine groups is 1. The van der Waals surface area contributed by atoms with Gasteiger partial charge >= 0.3 is 0 Å². The third kappa shape index (κ3) is 6.49. The van der Waals surface area contributed by atoms with Crippen LogP contribution in [-0.2, 0) is 16.6 Å². The number of hydrogen-bond acceptors (Lipinski definition) is 3. The van der Waals surface area contributed by atoms with Gasteiger partial charge in [0.2, 0.25) is 10.0 Å². The molecule has 2 rings (SSSR count). The zero-order chi connectivity index (χ0) is 18.3. The molecule has 1 aliphatic carbocycles. The zero-order valence-electron chi connectivity index (χ0n) is 14.8. The highest BCUT2D eigenvalue weighted by Crippen LogP contribution is 2.25. The van der Waals surface area contributed by atoms with Crippen LogP contribution in [0.5, 0.6) is 0 Å². The first kappa shape index (κ1) is 20.0. The molecular weight excluding hydrogens is 360 g/mol. The maximum absolute atomic E-state index is 12.0. The molecule has 0 heterocycles. The van der Waals surface area contributed by atoms with E-state index in [1.807, 2.05) is 36.2 Å². The highest BCUT2D eigenvalue weighted by Gasteiger charge is 2.20. The van der Waals surface area contributed by atoms with Crippen LogP contribution >= 0.6 is 11.6 Å². The number of aliphatic imine (C=N–C) groups is 1. The van der Waals surface area contributed by atoms with Crippen molar-refractivity contribution in [3.63, 3.8) is 0 Å². The number of benzene rings is 1. The third-order valence-electron chi connectivity index (χ3n) is 4.41. The molecule has 8 heteroatoms. The molecule has 6 nitrogen and oxygen atoms in total.